The molecule has 3 rings (SSSR count). The van der Waals surface area contributed by atoms with Crippen molar-refractivity contribution < 1.29 is 19.2 Å². The van der Waals surface area contributed by atoms with Crippen molar-refractivity contribution in [2.75, 3.05) is 34.9 Å². The third-order valence-corrected chi connectivity index (χ3v) is 6.26. The van der Waals surface area contributed by atoms with Gasteiger partial charge in [-0.05, 0) is 37.3 Å². The van der Waals surface area contributed by atoms with Crippen molar-refractivity contribution in [2.24, 2.45) is 0 Å². The lowest BCUT2D eigenvalue weighted by Gasteiger charge is -2.24. The first kappa shape index (κ1) is 21.1. The number of carbonyl (C=O) groups excluding carboxylic acids is 1. The fourth-order valence-electron chi connectivity index (χ4n) is 3.23. The Balaban J connectivity index is 1.62. The molecule has 0 aliphatic rings. The Bertz CT molecular complexity index is 955. The molecule has 0 saturated heterocycles. The Hall–Kier alpha value is -2.64. The maximum Gasteiger partial charge on any atom is 0.278 e. The first-order chi connectivity index (χ1) is 13.9. The Morgan fingerprint density at radius 2 is 1.90 bits per heavy atom. The van der Waals surface area contributed by atoms with Crippen LogP contribution in [-0.2, 0) is 11.3 Å². The molecular formula is C22H28N3O3S+. The van der Waals surface area contributed by atoms with Crippen LogP contribution in [0, 0.1) is 0 Å². The van der Waals surface area contributed by atoms with Gasteiger partial charge in [-0.3, -0.25) is 4.79 Å². The summed E-state index contributed by atoms with van der Waals surface area (Å²) in [6, 6.07) is 13.9. The van der Waals surface area contributed by atoms with Crippen molar-refractivity contribution in [3.05, 3.63) is 53.0 Å². The third kappa shape index (κ3) is 4.86. The van der Waals surface area contributed by atoms with Crippen LogP contribution in [-0.4, -0.2) is 50.7 Å². The second-order valence-corrected chi connectivity index (χ2v) is 8.26. The number of aromatic nitrogens is 1. The molecule has 0 saturated carbocycles. The summed E-state index contributed by atoms with van der Waals surface area (Å²) in [6.07, 6.45) is 0. The average molecular weight is 415 g/mol. The number of ether oxygens (including phenoxy) is 2. The topological polar surface area (TPSA) is 56.1 Å². The molecule has 1 N–H and O–H groups in total. The predicted octanol–water partition coefficient (Wildman–Crippen LogP) is 2.55. The lowest BCUT2D eigenvalue weighted by Crippen LogP contribution is -3.08. The Kier molecular flexibility index (Phi) is 6.71. The number of hydrogen-bond donors (Lipinski definition) is 1. The maximum absolute atomic E-state index is 12.8. The molecule has 1 unspecified atom stereocenters. The number of fused-ring (bicyclic) bond motifs is 1. The van der Waals surface area contributed by atoms with Crippen molar-refractivity contribution in [1.82, 2.24) is 9.88 Å². The summed E-state index contributed by atoms with van der Waals surface area (Å²) < 4.78 is 11.8. The molecule has 1 aromatic heterocycles. The molecule has 0 aliphatic heterocycles. The minimum Gasteiger partial charge on any atom is -0.493 e. The number of para-hydroxylation sites is 1. The normalized spacial score (nSPS) is 13.1. The molecule has 0 fully saturated rings. The zero-order valence-electron chi connectivity index (χ0n) is 17.6. The average Bonchev–Trinajstić information content (AvgIpc) is 3.16. The monoisotopic (exact) mass is 414 g/mol. The van der Waals surface area contributed by atoms with Crippen molar-refractivity contribution >= 4 is 27.5 Å². The molecule has 0 radical (unpaired) electrons. The van der Waals surface area contributed by atoms with E-state index in [1.54, 1.807) is 30.5 Å². The number of nitrogens with zero attached hydrogens (tertiary/aromatic N) is 2. The number of hydrogen-bond acceptors (Lipinski definition) is 5. The Morgan fingerprint density at radius 3 is 2.59 bits per heavy atom. The lowest BCUT2D eigenvalue weighted by atomic mass is 10.2. The van der Waals surface area contributed by atoms with Crippen molar-refractivity contribution in [1.29, 1.82) is 0 Å². The number of methoxy groups -OCH3 is 2. The van der Waals surface area contributed by atoms with Gasteiger partial charge in [0.05, 0.1) is 37.5 Å². The summed E-state index contributed by atoms with van der Waals surface area (Å²) in [5.41, 5.74) is 2.08. The lowest BCUT2D eigenvalue weighted by molar-refractivity contribution is -0.885. The van der Waals surface area contributed by atoms with E-state index in [9.17, 15) is 4.79 Å². The van der Waals surface area contributed by atoms with E-state index in [0.29, 0.717) is 18.0 Å². The summed E-state index contributed by atoms with van der Waals surface area (Å²) in [5, 5.41) is 0.958. The molecule has 29 heavy (non-hydrogen) atoms. The minimum absolute atomic E-state index is 0.0613. The molecule has 7 heteroatoms. The van der Waals surface area contributed by atoms with Gasteiger partial charge in [-0.1, -0.05) is 12.1 Å². The highest BCUT2D eigenvalue weighted by Crippen LogP contribution is 2.29. The zero-order chi connectivity index (χ0) is 21.0. The van der Waals surface area contributed by atoms with Gasteiger partial charge in [0, 0.05) is 12.6 Å². The third-order valence-electron chi connectivity index (χ3n) is 5.05. The second-order valence-electron chi connectivity index (χ2n) is 7.20. The first-order valence-corrected chi connectivity index (χ1v) is 10.4. The zero-order valence-corrected chi connectivity index (χ0v) is 18.4. The van der Waals surface area contributed by atoms with Crippen LogP contribution in [0.5, 0.6) is 11.5 Å². The summed E-state index contributed by atoms with van der Waals surface area (Å²) in [5.74, 6) is 1.50. The molecule has 2 aromatic carbocycles. The van der Waals surface area contributed by atoms with Gasteiger partial charge in [0.15, 0.2) is 18.0 Å². The number of quaternary nitrogens is 1. The van der Waals surface area contributed by atoms with E-state index in [0.717, 1.165) is 32.2 Å². The van der Waals surface area contributed by atoms with Gasteiger partial charge in [0.25, 0.3) is 5.91 Å². The van der Waals surface area contributed by atoms with E-state index in [1.807, 2.05) is 57.4 Å². The van der Waals surface area contributed by atoms with Gasteiger partial charge in [-0.2, -0.15) is 0 Å². The minimum atomic E-state index is -0.0613. The SMILES string of the molecule is COc1ccc(C[NH+](C)CC(=O)N(C)[C@@H](C)c2nc3ccccc3s2)cc1OC. The fraction of sp³-hybridized carbons (Fsp3) is 0.364. The fourth-order valence-corrected chi connectivity index (χ4v) is 4.30. The summed E-state index contributed by atoms with van der Waals surface area (Å²) in [4.78, 5) is 20.4. The van der Waals surface area contributed by atoms with E-state index in [1.165, 1.54) is 0 Å². The van der Waals surface area contributed by atoms with Crippen LogP contribution in [0.1, 0.15) is 23.5 Å². The first-order valence-electron chi connectivity index (χ1n) is 9.56. The van der Waals surface area contributed by atoms with Gasteiger partial charge in [0.1, 0.15) is 11.6 Å². The number of nitrogens with one attached hydrogen (secondary N) is 1. The van der Waals surface area contributed by atoms with Gasteiger partial charge >= 0.3 is 0 Å². The smallest absolute Gasteiger partial charge is 0.278 e. The van der Waals surface area contributed by atoms with Crippen molar-refractivity contribution in [3.8, 4) is 11.5 Å². The summed E-state index contributed by atoms with van der Waals surface area (Å²) >= 11 is 1.64. The highest BCUT2D eigenvalue weighted by molar-refractivity contribution is 7.18. The maximum atomic E-state index is 12.8. The van der Waals surface area contributed by atoms with Crippen LogP contribution in [0.15, 0.2) is 42.5 Å². The molecule has 6 nitrogen and oxygen atoms in total. The largest absolute Gasteiger partial charge is 0.493 e. The van der Waals surface area contributed by atoms with Gasteiger partial charge < -0.3 is 19.3 Å². The van der Waals surface area contributed by atoms with E-state index in [2.05, 4.69) is 6.07 Å². The van der Waals surface area contributed by atoms with Crippen LogP contribution >= 0.6 is 11.3 Å². The predicted molar refractivity (Wildman–Crippen MR) is 116 cm³/mol. The van der Waals surface area contributed by atoms with E-state index in [-0.39, 0.29) is 11.9 Å². The van der Waals surface area contributed by atoms with Crippen molar-refractivity contribution in [2.45, 2.75) is 19.5 Å². The number of benzene rings is 2. The number of amides is 1. The number of carbonyl (C=O) groups is 1. The molecule has 154 valence electrons. The van der Waals surface area contributed by atoms with Gasteiger partial charge in [0.2, 0.25) is 0 Å². The molecule has 1 heterocycles. The highest BCUT2D eigenvalue weighted by atomic mass is 32.1. The molecule has 1 amide bonds. The van der Waals surface area contributed by atoms with E-state index < -0.39 is 0 Å². The van der Waals surface area contributed by atoms with Crippen LogP contribution in [0.4, 0.5) is 0 Å². The van der Waals surface area contributed by atoms with E-state index in [4.69, 9.17) is 14.5 Å². The molecule has 2 atom stereocenters. The molecule has 3 aromatic rings. The van der Waals surface area contributed by atoms with E-state index >= 15 is 0 Å². The van der Waals surface area contributed by atoms with Crippen LogP contribution < -0.4 is 14.4 Å². The van der Waals surface area contributed by atoms with Crippen LogP contribution in [0.2, 0.25) is 0 Å². The highest BCUT2D eigenvalue weighted by Gasteiger charge is 2.23. The number of rotatable bonds is 8. The van der Waals surface area contributed by atoms with Crippen LogP contribution in [0.25, 0.3) is 10.2 Å². The number of thiazole rings is 1. The quantitative estimate of drug-likeness (QED) is 0.616. The Labute approximate surface area is 175 Å². The van der Waals surface area contributed by atoms with Gasteiger partial charge in [-0.15, -0.1) is 11.3 Å². The standard InChI is InChI=1S/C22H27N3O3S/c1-15(22-23-17-8-6-7-9-20(17)29-22)25(3)21(26)14-24(2)13-16-10-11-18(27-4)19(12-16)28-5/h6-12,15H,13-14H2,1-5H3/p+1/t15-/m0/s1. The summed E-state index contributed by atoms with van der Waals surface area (Å²) in [7, 11) is 7.11. The number of likely N-dealkylation sites (N-methyl/N-ethyl adjacent to an activating group) is 2. The second kappa shape index (κ2) is 9.24. The molecule has 0 spiro atoms. The molecular weight excluding hydrogens is 386 g/mol. The van der Waals surface area contributed by atoms with Crippen molar-refractivity contribution in [3.63, 3.8) is 0 Å². The molecule has 0 bridgehead atoms. The Morgan fingerprint density at radius 1 is 1.17 bits per heavy atom. The van der Waals surface area contributed by atoms with Gasteiger partial charge in [-0.25, -0.2) is 4.98 Å². The van der Waals surface area contributed by atoms with Crippen LogP contribution in [0.3, 0.4) is 0 Å². The molecule has 0 aliphatic carbocycles. The summed E-state index contributed by atoms with van der Waals surface area (Å²) in [6.45, 7) is 3.15.